The number of hydrogen-bond donors (Lipinski definition) is 0. The van der Waals surface area contributed by atoms with E-state index in [9.17, 15) is 13.6 Å². The smallest absolute Gasteiger partial charge is 0.169 e. The molecule has 2 unspecified atom stereocenters. The topological polar surface area (TPSA) is 17.1 Å². The Hall–Kier alpha value is -1.25. The maximum atomic E-state index is 13.6. The lowest BCUT2D eigenvalue weighted by atomic mass is 9.99. The first-order valence-electron chi connectivity index (χ1n) is 6.09. The zero-order valence-corrected chi connectivity index (χ0v) is 9.67. The maximum Gasteiger partial charge on any atom is 0.169 e. The highest BCUT2D eigenvalue weighted by molar-refractivity contribution is 6.00. The van der Waals surface area contributed by atoms with E-state index in [0.717, 1.165) is 18.9 Å². The number of hydrogen-bond acceptors (Lipinski definition) is 1. The first-order valence-corrected chi connectivity index (χ1v) is 6.09. The number of halogens is 2. The molecule has 1 aromatic carbocycles. The van der Waals surface area contributed by atoms with E-state index in [4.69, 9.17) is 0 Å². The van der Waals surface area contributed by atoms with Gasteiger partial charge in [-0.2, -0.15) is 0 Å². The van der Waals surface area contributed by atoms with Gasteiger partial charge in [-0.25, -0.2) is 8.78 Å². The molecule has 0 heterocycles. The molecule has 0 spiro atoms. The van der Waals surface area contributed by atoms with Crippen LogP contribution in [0.4, 0.5) is 8.78 Å². The summed E-state index contributed by atoms with van der Waals surface area (Å²) in [6.45, 7) is 1.55. The van der Waals surface area contributed by atoms with Crippen molar-refractivity contribution in [2.24, 2.45) is 17.8 Å². The highest BCUT2D eigenvalue weighted by atomic mass is 19.1. The van der Waals surface area contributed by atoms with E-state index in [1.54, 1.807) is 6.92 Å². The van der Waals surface area contributed by atoms with Crippen molar-refractivity contribution in [2.45, 2.75) is 26.2 Å². The van der Waals surface area contributed by atoms with Crippen molar-refractivity contribution in [3.63, 3.8) is 0 Å². The van der Waals surface area contributed by atoms with Crippen molar-refractivity contribution in [3.05, 3.63) is 34.9 Å². The summed E-state index contributed by atoms with van der Waals surface area (Å²) in [5, 5.41) is 0. The summed E-state index contributed by atoms with van der Waals surface area (Å²) in [6, 6.07) is 2.17. The Morgan fingerprint density at radius 3 is 2.47 bits per heavy atom. The van der Waals surface area contributed by atoms with Gasteiger partial charge >= 0.3 is 0 Å². The zero-order valence-electron chi connectivity index (χ0n) is 9.67. The van der Waals surface area contributed by atoms with Crippen molar-refractivity contribution in [1.29, 1.82) is 0 Å². The van der Waals surface area contributed by atoms with Gasteiger partial charge in [0, 0.05) is 12.0 Å². The molecule has 17 heavy (non-hydrogen) atoms. The van der Waals surface area contributed by atoms with E-state index in [2.05, 4.69) is 0 Å². The Bertz CT molecular complexity index is 485. The van der Waals surface area contributed by atoms with E-state index in [1.807, 2.05) is 0 Å². The number of ketones is 1. The van der Waals surface area contributed by atoms with Gasteiger partial charge < -0.3 is 0 Å². The van der Waals surface area contributed by atoms with E-state index in [1.165, 1.54) is 12.5 Å². The van der Waals surface area contributed by atoms with Crippen molar-refractivity contribution in [1.82, 2.24) is 0 Å². The second-order valence-corrected chi connectivity index (χ2v) is 5.23. The summed E-state index contributed by atoms with van der Waals surface area (Å²) in [5.41, 5.74) is 0.406. The van der Waals surface area contributed by atoms with Crippen LogP contribution in [0.2, 0.25) is 0 Å². The molecule has 3 rings (SSSR count). The van der Waals surface area contributed by atoms with Gasteiger partial charge in [0.2, 0.25) is 0 Å². The monoisotopic (exact) mass is 236 g/mol. The minimum absolute atomic E-state index is 0.00288. The SMILES string of the molecule is Cc1cc(C(=O)C2C3CCCC32)c(F)cc1F. The molecule has 0 N–H and O–H groups in total. The quantitative estimate of drug-likeness (QED) is 0.718. The molecule has 2 aliphatic carbocycles. The highest BCUT2D eigenvalue weighted by Crippen LogP contribution is 2.58. The number of carbonyl (C=O) groups excluding carboxylic acids is 1. The van der Waals surface area contributed by atoms with E-state index in [-0.39, 0.29) is 17.3 Å². The lowest BCUT2D eigenvalue weighted by molar-refractivity contribution is 0.0947. The molecule has 1 nitrogen and oxygen atoms in total. The van der Waals surface area contributed by atoms with Crippen LogP contribution in [-0.4, -0.2) is 5.78 Å². The fourth-order valence-electron chi connectivity index (χ4n) is 3.24. The number of carbonyl (C=O) groups is 1. The number of fused-ring (bicyclic) bond motifs is 1. The molecule has 1 aromatic rings. The van der Waals surface area contributed by atoms with Crippen LogP contribution >= 0.6 is 0 Å². The van der Waals surface area contributed by atoms with Crippen LogP contribution < -0.4 is 0 Å². The van der Waals surface area contributed by atoms with Crippen LogP contribution in [0, 0.1) is 36.3 Å². The van der Waals surface area contributed by atoms with Gasteiger partial charge in [-0.05, 0) is 43.2 Å². The molecule has 2 saturated carbocycles. The van der Waals surface area contributed by atoms with E-state index < -0.39 is 11.6 Å². The Morgan fingerprint density at radius 2 is 1.82 bits per heavy atom. The number of Topliss-reactive ketones (excluding diaryl/α,β-unsaturated/α-hetero) is 1. The standard InChI is InChI=1S/C14H14F2O/c1-7-5-10(12(16)6-11(7)15)14(17)13-8-3-2-4-9(8)13/h5-6,8-9,13H,2-4H2,1H3. The molecule has 0 saturated heterocycles. The molecule has 2 aliphatic rings. The molecule has 2 atom stereocenters. The van der Waals surface area contributed by atoms with Crippen LogP contribution in [0.3, 0.4) is 0 Å². The predicted octanol–water partition coefficient (Wildman–Crippen LogP) is 3.50. The molecular formula is C14H14F2O. The predicted molar refractivity (Wildman–Crippen MR) is 59.7 cm³/mol. The number of benzene rings is 1. The van der Waals surface area contributed by atoms with E-state index >= 15 is 0 Å². The Labute approximate surface area is 98.8 Å². The number of aryl methyl sites for hydroxylation is 1. The van der Waals surface area contributed by atoms with E-state index in [0.29, 0.717) is 17.4 Å². The van der Waals surface area contributed by atoms with Crippen LogP contribution in [0.1, 0.15) is 35.2 Å². The molecule has 0 aliphatic heterocycles. The van der Waals surface area contributed by atoms with Gasteiger partial charge in [0.1, 0.15) is 11.6 Å². The van der Waals surface area contributed by atoms with Gasteiger partial charge in [-0.1, -0.05) is 6.42 Å². The Balaban J connectivity index is 1.89. The van der Waals surface area contributed by atoms with Crippen LogP contribution in [0.25, 0.3) is 0 Å². The first-order chi connectivity index (χ1) is 8.09. The zero-order chi connectivity index (χ0) is 12.2. The van der Waals surface area contributed by atoms with Gasteiger partial charge in [-0.3, -0.25) is 4.79 Å². The average molecular weight is 236 g/mol. The fraction of sp³-hybridized carbons (Fsp3) is 0.500. The maximum absolute atomic E-state index is 13.6. The second-order valence-electron chi connectivity index (χ2n) is 5.23. The number of rotatable bonds is 2. The second kappa shape index (κ2) is 3.62. The molecule has 2 fully saturated rings. The average Bonchev–Trinajstić information content (AvgIpc) is 2.76. The molecule has 0 amide bonds. The lowest BCUT2D eigenvalue weighted by Gasteiger charge is -2.06. The summed E-state index contributed by atoms with van der Waals surface area (Å²) in [4.78, 5) is 12.1. The first kappa shape index (κ1) is 10.9. The third kappa shape index (κ3) is 1.60. The largest absolute Gasteiger partial charge is 0.294 e. The Kier molecular flexibility index (Phi) is 2.32. The van der Waals surface area contributed by atoms with Gasteiger partial charge in [0.05, 0.1) is 5.56 Å². The normalized spacial score (nSPS) is 30.2. The summed E-state index contributed by atoms with van der Waals surface area (Å²) in [7, 11) is 0. The Morgan fingerprint density at radius 1 is 1.18 bits per heavy atom. The molecular weight excluding hydrogens is 222 g/mol. The molecule has 0 aromatic heterocycles. The minimum Gasteiger partial charge on any atom is -0.294 e. The van der Waals surface area contributed by atoms with Crippen LogP contribution in [-0.2, 0) is 0 Å². The van der Waals surface area contributed by atoms with Crippen molar-refractivity contribution in [2.75, 3.05) is 0 Å². The third-order valence-electron chi connectivity index (χ3n) is 4.22. The highest BCUT2D eigenvalue weighted by Gasteiger charge is 2.56. The molecule has 3 heteroatoms. The molecule has 0 radical (unpaired) electrons. The minimum atomic E-state index is -0.719. The van der Waals surface area contributed by atoms with Crippen molar-refractivity contribution >= 4 is 5.78 Å². The van der Waals surface area contributed by atoms with Gasteiger partial charge in [0.25, 0.3) is 0 Å². The van der Waals surface area contributed by atoms with Gasteiger partial charge in [0.15, 0.2) is 5.78 Å². The van der Waals surface area contributed by atoms with Crippen LogP contribution in [0.15, 0.2) is 12.1 Å². The van der Waals surface area contributed by atoms with Crippen molar-refractivity contribution in [3.8, 4) is 0 Å². The lowest BCUT2D eigenvalue weighted by Crippen LogP contribution is -2.09. The van der Waals surface area contributed by atoms with Crippen molar-refractivity contribution < 1.29 is 13.6 Å². The fourth-order valence-corrected chi connectivity index (χ4v) is 3.24. The van der Waals surface area contributed by atoms with Crippen LogP contribution in [0.5, 0.6) is 0 Å². The summed E-state index contributed by atoms with van der Waals surface area (Å²) in [5.74, 6) is -0.499. The molecule has 90 valence electrons. The summed E-state index contributed by atoms with van der Waals surface area (Å²) < 4.78 is 26.7. The van der Waals surface area contributed by atoms with Gasteiger partial charge in [-0.15, -0.1) is 0 Å². The summed E-state index contributed by atoms with van der Waals surface area (Å²) >= 11 is 0. The third-order valence-corrected chi connectivity index (χ3v) is 4.22. The molecule has 0 bridgehead atoms. The summed E-state index contributed by atoms with van der Waals surface area (Å²) in [6.07, 6.45) is 3.36.